The molecule has 4 nitrogen and oxygen atoms in total. The van der Waals surface area contributed by atoms with Crippen molar-refractivity contribution in [2.45, 2.75) is 52.2 Å². The first-order chi connectivity index (χ1) is 9.30. The number of hydrogen-bond donors (Lipinski definition) is 1. The lowest BCUT2D eigenvalue weighted by molar-refractivity contribution is 0.0638. The Bertz CT molecular complexity index is 451. The molecule has 112 valence electrons. The lowest BCUT2D eigenvalue weighted by Crippen LogP contribution is -2.54. The maximum Gasteiger partial charge on any atom is 0.133 e. The Kier molecular flexibility index (Phi) is 4.35. The molecule has 0 radical (unpaired) electrons. The van der Waals surface area contributed by atoms with Crippen molar-refractivity contribution < 1.29 is 4.74 Å². The number of ether oxygens (including phenoxy) is 1. The summed E-state index contributed by atoms with van der Waals surface area (Å²) in [6.07, 6.45) is 1.88. The predicted molar refractivity (Wildman–Crippen MR) is 83.1 cm³/mol. The quantitative estimate of drug-likeness (QED) is 0.921. The summed E-state index contributed by atoms with van der Waals surface area (Å²) in [6.45, 7) is 14.2. The van der Waals surface area contributed by atoms with E-state index in [4.69, 9.17) is 4.74 Å². The van der Waals surface area contributed by atoms with Gasteiger partial charge in [-0.2, -0.15) is 0 Å². The van der Waals surface area contributed by atoms with Crippen LogP contribution < -0.4 is 10.2 Å². The van der Waals surface area contributed by atoms with Crippen LogP contribution in [0.25, 0.3) is 0 Å². The molecule has 1 N–H and O–H groups in total. The normalized spacial score (nSPS) is 19.1. The van der Waals surface area contributed by atoms with Crippen molar-refractivity contribution in [3.8, 4) is 0 Å². The van der Waals surface area contributed by atoms with Gasteiger partial charge < -0.3 is 15.0 Å². The minimum Gasteiger partial charge on any atom is -0.377 e. The Morgan fingerprint density at radius 1 is 1.40 bits per heavy atom. The summed E-state index contributed by atoms with van der Waals surface area (Å²) in [5, 5.41) is 3.55. The first-order valence-electron chi connectivity index (χ1n) is 7.34. The summed E-state index contributed by atoms with van der Waals surface area (Å²) in [6, 6.07) is 4.17. The highest BCUT2D eigenvalue weighted by atomic mass is 16.5. The monoisotopic (exact) mass is 277 g/mol. The second-order valence-electron chi connectivity index (χ2n) is 7.11. The van der Waals surface area contributed by atoms with Crippen molar-refractivity contribution in [2.75, 3.05) is 24.7 Å². The van der Waals surface area contributed by atoms with E-state index < -0.39 is 0 Å². The molecular weight excluding hydrogens is 250 g/mol. The van der Waals surface area contributed by atoms with Gasteiger partial charge >= 0.3 is 0 Å². The molecule has 0 saturated carbocycles. The van der Waals surface area contributed by atoms with Crippen molar-refractivity contribution in [3.05, 3.63) is 23.9 Å². The van der Waals surface area contributed by atoms with Crippen molar-refractivity contribution in [1.29, 1.82) is 0 Å². The molecule has 2 rings (SSSR count). The molecule has 2 heterocycles. The van der Waals surface area contributed by atoms with E-state index in [0.717, 1.165) is 32.1 Å². The maximum atomic E-state index is 5.61. The molecule has 0 aliphatic carbocycles. The van der Waals surface area contributed by atoms with Crippen LogP contribution in [0.5, 0.6) is 0 Å². The third kappa shape index (κ3) is 3.70. The number of hydrogen-bond acceptors (Lipinski definition) is 4. The highest BCUT2D eigenvalue weighted by Crippen LogP contribution is 2.28. The Labute approximate surface area is 122 Å². The van der Waals surface area contributed by atoms with Crippen LogP contribution in [-0.2, 0) is 11.3 Å². The van der Waals surface area contributed by atoms with Crippen LogP contribution in [0.2, 0.25) is 0 Å². The fourth-order valence-corrected chi connectivity index (χ4v) is 2.42. The zero-order chi connectivity index (χ0) is 14.8. The number of morpholine rings is 1. The topological polar surface area (TPSA) is 37.4 Å². The molecule has 1 aliphatic heterocycles. The van der Waals surface area contributed by atoms with Gasteiger partial charge in [0.15, 0.2) is 0 Å². The number of anilines is 1. The average molecular weight is 277 g/mol. The summed E-state index contributed by atoms with van der Waals surface area (Å²) in [7, 11) is 0. The van der Waals surface area contributed by atoms with Crippen LogP contribution in [-0.4, -0.2) is 35.8 Å². The molecule has 0 atom stereocenters. The first kappa shape index (κ1) is 15.3. The van der Waals surface area contributed by atoms with Gasteiger partial charge in [-0.1, -0.05) is 6.07 Å². The predicted octanol–water partition coefficient (Wildman–Crippen LogP) is 2.58. The Morgan fingerprint density at radius 3 is 2.80 bits per heavy atom. The first-order valence-corrected chi connectivity index (χ1v) is 7.34. The molecule has 4 heteroatoms. The molecule has 1 aliphatic rings. The van der Waals surface area contributed by atoms with Crippen LogP contribution in [0.15, 0.2) is 18.3 Å². The molecule has 0 bridgehead atoms. The minimum absolute atomic E-state index is 0.0108. The molecule has 1 aromatic rings. The standard InChI is InChI=1S/C16H27N3O/c1-15(2,3)18-11-13-7-6-8-17-14(13)19-9-10-20-12-16(19,4)5/h6-8,18H,9-12H2,1-5H3. The van der Waals surface area contributed by atoms with Gasteiger partial charge in [-0.3, -0.25) is 0 Å². The van der Waals surface area contributed by atoms with Crippen molar-refractivity contribution in [2.24, 2.45) is 0 Å². The fourth-order valence-electron chi connectivity index (χ4n) is 2.42. The maximum absolute atomic E-state index is 5.61. The molecule has 1 aromatic heterocycles. The van der Waals surface area contributed by atoms with Crippen molar-refractivity contribution in [1.82, 2.24) is 10.3 Å². The van der Waals surface area contributed by atoms with E-state index in [-0.39, 0.29) is 11.1 Å². The second-order valence-corrected chi connectivity index (χ2v) is 7.11. The van der Waals surface area contributed by atoms with Crippen LogP contribution in [0.1, 0.15) is 40.2 Å². The van der Waals surface area contributed by atoms with E-state index >= 15 is 0 Å². The van der Waals surface area contributed by atoms with Gasteiger partial charge in [0.05, 0.1) is 18.8 Å². The zero-order valence-electron chi connectivity index (χ0n) is 13.4. The molecule has 20 heavy (non-hydrogen) atoms. The van der Waals surface area contributed by atoms with Crippen molar-refractivity contribution >= 4 is 5.82 Å². The minimum atomic E-state index is -0.0108. The van der Waals surface area contributed by atoms with Crippen LogP contribution in [0, 0.1) is 0 Å². The van der Waals surface area contributed by atoms with Gasteiger partial charge in [0.25, 0.3) is 0 Å². The Morgan fingerprint density at radius 2 is 2.15 bits per heavy atom. The molecule has 1 saturated heterocycles. The van der Waals surface area contributed by atoms with E-state index in [9.17, 15) is 0 Å². The number of aromatic nitrogens is 1. The highest BCUT2D eigenvalue weighted by molar-refractivity contribution is 5.49. The van der Waals surface area contributed by atoms with Crippen LogP contribution in [0.3, 0.4) is 0 Å². The van der Waals surface area contributed by atoms with E-state index in [2.05, 4.69) is 55.9 Å². The Balaban J connectivity index is 2.23. The highest BCUT2D eigenvalue weighted by Gasteiger charge is 2.32. The molecule has 0 aromatic carbocycles. The Hall–Kier alpha value is -1.13. The molecule has 0 unspecified atom stereocenters. The summed E-state index contributed by atoms with van der Waals surface area (Å²) in [4.78, 5) is 7.00. The van der Waals surface area contributed by atoms with E-state index in [1.165, 1.54) is 5.56 Å². The van der Waals surface area contributed by atoms with Gasteiger partial charge in [-0.25, -0.2) is 4.98 Å². The third-order valence-electron chi connectivity index (χ3n) is 3.58. The zero-order valence-corrected chi connectivity index (χ0v) is 13.4. The number of rotatable bonds is 3. The van der Waals surface area contributed by atoms with Gasteiger partial charge in [-0.05, 0) is 40.7 Å². The van der Waals surface area contributed by atoms with Gasteiger partial charge in [0.1, 0.15) is 5.82 Å². The summed E-state index contributed by atoms with van der Waals surface area (Å²) < 4.78 is 5.61. The molecule has 0 spiro atoms. The van der Waals surface area contributed by atoms with E-state index in [1.807, 2.05) is 12.3 Å². The van der Waals surface area contributed by atoms with E-state index in [1.54, 1.807) is 0 Å². The summed E-state index contributed by atoms with van der Waals surface area (Å²) in [5.74, 6) is 1.08. The third-order valence-corrected chi connectivity index (χ3v) is 3.58. The fraction of sp³-hybridized carbons (Fsp3) is 0.688. The number of nitrogens with zero attached hydrogens (tertiary/aromatic N) is 2. The van der Waals surface area contributed by atoms with Gasteiger partial charge in [-0.15, -0.1) is 0 Å². The second kappa shape index (κ2) is 5.70. The smallest absolute Gasteiger partial charge is 0.133 e. The number of pyridine rings is 1. The lowest BCUT2D eigenvalue weighted by atomic mass is 10.0. The largest absolute Gasteiger partial charge is 0.377 e. The van der Waals surface area contributed by atoms with Crippen LogP contribution in [0.4, 0.5) is 5.82 Å². The van der Waals surface area contributed by atoms with E-state index in [0.29, 0.717) is 0 Å². The van der Waals surface area contributed by atoms with Gasteiger partial charge in [0, 0.05) is 30.4 Å². The lowest BCUT2D eigenvalue weighted by Gasteiger charge is -2.43. The SMILES string of the molecule is CC(C)(C)NCc1cccnc1N1CCOCC1(C)C. The number of nitrogens with one attached hydrogen (secondary N) is 1. The summed E-state index contributed by atoms with van der Waals surface area (Å²) >= 11 is 0. The van der Waals surface area contributed by atoms with Gasteiger partial charge in [0.2, 0.25) is 0 Å². The average Bonchev–Trinajstić information content (AvgIpc) is 2.35. The molecular formula is C16H27N3O. The van der Waals surface area contributed by atoms with Crippen LogP contribution >= 0.6 is 0 Å². The molecule has 1 fully saturated rings. The van der Waals surface area contributed by atoms with Crippen molar-refractivity contribution in [3.63, 3.8) is 0 Å². The molecule has 0 amide bonds. The summed E-state index contributed by atoms with van der Waals surface area (Å²) in [5.41, 5.74) is 1.34.